The summed E-state index contributed by atoms with van der Waals surface area (Å²) in [6, 6.07) is 70.7. The van der Waals surface area contributed by atoms with Gasteiger partial charge < -0.3 is 34.0 Å². The van der Waals surface area contributed by atoms with Gasteiger partial charge in [-0.25, -0.2) is 59.3 Å². The van der Waals surface area contributed by atoms with Gasteiger partial charge in [0.1, 0.15) is 68.6 Å². The summed E-state index contributed by atoms with van der Waals surface area (Å²) in [5, 5.41) is 0. The van der Waals surface area contributed by atoms with Gasteiger partial charge in [0, 0.05) is 150 Å². The summed E-state index contributed by atoms with van der Waals surface area (Å²) in [5.74, 6) is 3.40. The van der Waals surface area contributed by atoms with Gasteiger partial charge in [0.25, 0.3) is 0 Å². The van der Waals surface area contributed by atoms with Gasteiger partial charge in [0.2, 0.25) is 35.7 Å². The number of rotatable bonds is 7. The molecule has 20 rings (SSSR count). The van der Waals surface area contributed by atoms with Crippen LogP contribution >= 0.6 is 0 Å². The van der Waals surface area contributed by atoms with E-state index in [2.05, 4.69) is 54.9 Å². The molecular formula is C98H81FN16O7. The molecule has 0 N–H and O–H groups in total. The summed E-state index contributed by atoms with van der Waals surface area (Å²) in [5.41, 5.74) is 22.4. The lowest BCUT2D eigenvalue weighted by molar-refractivity contribution is 0.104. The smallest absolute Gasteiger partial charge is 0.226 e. The maximum absolute atomic E-state index is 14.4. The average molecular weight is 1610 g/mol. The van der Waals surface area contributed by atoms with E-state index in [9.17, 15) is 28.4 Å². The molecule has 0 fully saturated rings. The highest BCUT2D eigenvalue weighted by atomic mass is 19.1. The van der Waals surface area contributed by atoms with E-state index in [1.54, 1.807) is 61.7 Å². The number of nitrogens with zero attached hydrogens (tertiary/aromatic N) is 16. The Balaban J connectivity index is 0.000000113. The summed E-state index contributed by atoms with van der Waals surface area (Å²) < 4.78 is 24.7. The van der Waals surface area contributed by atoms with Gasteiger partial charge >= 0.3 is 0 Å². The van der Waals surface area contributed by atoms with Crippen molar-refractivity contribution >= 4 is 115 Å². The van der Waals surface area contributed by atoms with Crippen molar-refractivity contribution in [1.82, 2.24) is 29.5 Å². The van der Waals surface area contributed by atoms with Crippen LogP contribution in [0.15, 0.2) is 315 Å². The SMILES string of the molecule is CN(C)C1=NC2=C(c3ccccc3F)C(=O)c3ccccc3C2=N1.COc1ccc(C2=C3N=C(N(C)C)N=C3c3ccccc3C2=O)cc1.COc1ccc(C2=C3N=C(N(C)C)N=C3c3ccccc3C2=O)cn1.Cc1ccc(C2=C3N=C(N(C)C)N=C3c3ccccc3C2=O)cc1.Cc1ccccc1C1=C2N=C(N(C)C)N=C2c2ccccc2C1=O. The molecule has 0 saturated carbocycles. The Kier molecular flexibility index (Phi) is 21.7. The Hall–Kier alpha value is -15.6. The number of halogens is 1. The third kappa shape index (κ3) is 14.7. The van der Waals surface area contributed by atoms with E-state index in [1.807, 2.05) is 292 Å². The maximum atomic E-state index is 14.4. The van der Waals surface area contributed by atoms with Crippen LogP contribution in [-0.4, -0.2) is 201 Å². The highest BCUT2D eigenvalue weighted by Crippen LogP contribution is 2.43. The minimum absolute atomic E-state index is 0.00663. The van der Waals surface area contributed by atoms with Gasteiger partial charge in [-0.05, 0) is 60.4 Å². The van der Waals surface area contributed by atoms with Crippen molar-refractivity contribution in [3.8, 4) is 11.6 Å². The molecule has 0 bridgehead atoms. The molecule has 10 aliphatic rings. The zero-order valence-corrected chi connectivity index (χ0v) is 69.4. The van der Waals surface area contributed by atoms with Crippen molar-refractivity contribution in [2.45, 2.75) is 13.8 Å². The lowest BCUT2D eigenvalue weighted by atomic mass is 9.83. The first kappa shape index (κ1) is 80.2. The molecule has 0 unspecified atom stereocenters. The van der Waals surface area contributed by atoms with Crippen LogP contribution in [0.25, 0.3) is 27.9 Å². The topological polar surface area (TPSA) is 257 Å². The molecule has 0 atom stereocenters. The summed E-state index contributed by atoms with van der Waals surface area (Å²) in [6.45, 7) is 4.05. The number of ether oxygens (including phenoxy) is 2. The van der Waals surface area contributed by atoms with Crippen molar-refractivity contribution in [1.29, 1.82) is 0 Å². The van der Waals surface area contributed by atoms with E-state index in [0.29, 0.717) is 126 Å². The predicted octanol–water partition coefficient (Wildman–Crippen LogP) is 15.2. The quantitative estimate of drug-likeness (QED) is 0.144. The number of Topliss-reactive ketones (excluding diaryl/α,β-unsaturated/α-hetero) is 5. The van der Waals surface area contributed by atoms with Gasteiger partial charge in [-0.2, -0.15) is 0 Å². The Bertz CT molecular complexity index is 6360. The van der Waals surface area contributed by atoms with E-state index in [-0.39, 0.29) is 40.1 Å². The van der Waals surface area contributed by atoms with Crippen LogP contribution in [-0.2, 0) is 0 Å². The average Bonchev–Trinajstić information content (AvgIpc) is 1.51. The summed E-state index contributed by atoms with van der Waals surface area (Å²) >= 11 is 0. The number of hydrogen-bond acceptors (Lipinski definition) is 23. The number of aryl methyl sites for hydroxylation is 2. The number of carbonyl (C=O) groups is 5. The molecular weight excluding hydrogens is 1530 g/mol. The predicted molar refractivity (Wildman–Crippen MR) is 479 cm³/mol. The van der Waals surface area contributed by atoms with Crippen molar-refractivity contribution in [2.75, 3.05) is 84.7 Å². The number of aliphatic imine (C=N–C) groups is 10. The number of benzene rings is 9. The molecule has 0 saturated heterocycles. The number of fused-ring (bicyclic) bond motifs is 15. The second-order valence-electron chi connectivity index (χ2n) is 30.3. The fourth-order valence-corrected chi connectivity index (χ4v) is 15.1. The van der Waals surface area contributed by atoms with Gasteiger partial charge in [-0.3, -0.25) is 24.0 Å². The van der Waals surface area contributed by atoms with Crippen LogP contribution in [0.3, 0.4) is 0 Å². The lowest BCUT2D eigenvalue weighted by Gasteiger charge is -2.20. The van der Waals surface area contributed by atoms with Gasteiger partial charge in [-0.1, -0.05) is 206 Å². The van der Waals surface area contributed by atoms with E-state index in [0.717, 1.165) is 84.2 Å². The van der Waals surface area contributed by atoms with Crippen LogP contribution in [0.1, 0.15) is 119 Å². The first-order valence-electron chi connectivity index (χ1n) is 39.1. The fraction of sp³-hybridized carbons (Fsp3) is 0.143. The largest absolute Gasteiger partial charge is 0.497 e. The third-order valence-electron chi connectivity index (χ3n) is 21.2. The van der Waals surface area contributed by atoms with E-state index in [4.69, 9.17) is 9.47 Å². The normalized spacial score (nSPS) is 15.6. The molecule has 6 heterocycles. The molecule has 0 amide bonds. The minimum atomic E-state index is -0.444. The van der Waals surface area contributed by atoms with Crippen molar-refractivity contribution in [3.05, 3.63) is 366 Å². The first-order valence-corrected chi connectivity index (χ1v) is 39.1. The lowest BCUT2D eigenvalue weighted by Crippen LogP contribution is -2.20. The van der Waals surface area contributed by atoms with Crippen molar-refractivity contribution in [2.24, 2.45) is 49.9 Å². The highest BCUT2D eigenvalue weighted by Gasteiger charge is 2.41. The molecule has 10 aromatic rings. The molecule has 1 aromatic heterocycles. The molecule has 0 radical (unpaired) electrons. The molecule has 0 spiro atoms. The molecule has 24 heteroatoms. The Labute approximate surface area is 704 Å². The molecule has 5 aliphatic carbocycles. The van der Waals surface area contributed by atoms with E-state index < -0.39 is 5.82 Å². The van der Waals surface area contributed by atoms with Gasteiger partial charge in [-0.15, -0.1) is 0 Å². The number of aromatic nitrogens is 1. The fourth-order valence-electron chi connectivity index (χ4n) is 15.1. The number of ketones is 5. The van der Waals surface area contributed by atoms with E-state index in [1.165, 1.54) is 6.07 Å². The third-order valence-corrected chi connectivity index (χ3v) is 21.2. The second-order valence-corrected chi connectivity index (χ2v) is 30.3. The monoisotopic (exact) mass is 1610 g/mol. The Morgan fingerprint density at radius 3 is 0.820 bits per heavy atom. The van der Waals surface area contributed by atoms with Crippen LogP contribution in [0.5, 0.6) is 11.6 Å². The van der Waals surface area contributed by atoms with E-state index >= 15 is 0 Å². The first-order chi connectivity index (χ1) is 58.9. The molecule has 23 nitrogen and oxygen atoms in total. The van der Waals surface area contributed by atoms with Crippen LogP contribution < -0.4 is 9.47 Å². The van der Waals surface area contributed by atoms with Crippen LogP contribution in [0.4, 0.5) is 4.39 Å². The standard InChI is InChI=1S/C20H17N3O2.2C20H17N3O.C19H14FN3O.C19H16N4O2/c1-23(2)20-21-17-14-6-4-5-7-15(14)19(24)16(18(17)22-20)12-8-10-13(25-3)11-9-12;1-12-8-4-5-9-13(12)16-18-17(21-20(22-18)23(2)3)14-10-6-7-11-15(14)19(16)24;1-12-8-10-13(11-9-12)16-18-17(21-20(22-18)23(2)3)14-6-4-5-7-15(14)19(16)24;1-23(2)19-21-16-11-7-3-4-8-12(11)18(24)15(17(16)22-19)13-9-5-6-10-14(13)20;1-23(2)19-21-16-12-6-4-5-7-13(12)18(24)15(17(16)22-19)11-8-9-14(25-3)20-10-11/h4-11H,1-3H3;2*4-11H,1-3H3;3-10H,1-2H3;4-10H,1-3H3. The molecule has 5 aliphatic heterocycles. The number of hydrogen-bond donors (Lipinski definition) is 0. The molecule has 122 heavy (non-hydrogen) atoms. The highest BCUT2D eigenvalue weighted by molar-refractivity contribution is 6.47. The Morgan fingerprint density at radius 2 is 0.525 bits per heavy atom. The number of carbonyl (C=O) groups excluding carboxylic acids is 5. The number of guanidine groups is 5. The number of pyridine rings is 1. The van der Waals surface area contributed by atoms with Crippen molar-refractivity contribution in [3.63, 3.8) is 0 Å². The summed E-state index contributed by atoms with van der Waals surface area (Å²) in [6.07, 6.45) is 1.63. The van der Waals surface area contributed by atoms with Crippen molar-refractivity contribution < 1.29 is 37.8 Å². The second kappa shape index (κ2) is 33.1. The van der Waals surface area contributed by atoms with Gasteiger partial charge in [0.15, 0.2) is 28.9 Å². The van der Waals surface area contributed by atoms with Crippen LogP contribution in [0, 0.1) is 19.7 Å². The minimum Gasteiger partial charge on any atom is -0.497 e. The molecule has 9 aromatic carbocycles. The maximum Gasteiger partial charge on any atom is 0.226 e. The number of allylic oxidation sites excluding steroid dienone is 10. The molecule has 602 valence electrons. The van der Waals surface area contributed by atoms with Gasteiger partial charge in [0.05, 0.1) is 42.1 Å². The zero-order chi connectivity index (χ0) is 85.6. The summed E-state index contributed by atoms with van der Waals surface area (Å²) in [7, 11) is 22.0. The number of methoxy groups -OCH3 is 2. The summed E-state index contributed by atoms with van der Waals surface area (Å²) in [4.78, 5) is 125. The zero-order valence-electron chi connectivity index (χ0n) is 69.4. The van der Waals surface area contributed by atoms with Crippen LogP contribution in [0.2, 0.25) is 0 Å². The Morgan fingerprint density at radius 1 is 0.262 bits per heavy atom.